The van der Waals surface area contributed by atoms with E-state index in [2.05, 4.69) is 278 Å². The average molecular weight is 881 g/mol. The Labute approximate surface area is 403 Å². The molecule has 0 N–H and O–H groups in total. The van der Waals surface area contributed by atoms with Gasteiger partial charge in [-0.15, -0.1) is 0 Å². The van der Waals surface area contributed by atoms with Gasteiger partial charge in [0.15, 0.2) is 0 Å². The molecule has 0 bridgehead atoms. The van der Waals surface area contributed by atoms with E-state index in [1.165, 1.54) is 82.6 Å². The van der Waals surface area contributed by atoms with E-state index in [1.807, 2.05) is 0 Å². The number of fused-ring (bicyclic) bond motifs is 7. The fourth-order valence-corrected chi connectivity index (χ4v) is 11.4. The number of hydrogen-bond donors (Lipinski definition) is 0. The summed E-state index contributed by atoms with van der Waals surface area (Å²) in [7, 11) is 0. The number of anilines is 3. The second-order valence-electron chi connectivity index (χ2n) is 18.8. The van der Waals surface area contributed by atoms with Gasteiger partial charge in [-0.25, -0.2) is 0 Å². The zero-order valence-corrected chi connectivity index (χ0v) is 38.6. The van der Waals surface area contributed by atoms with E-state index >= 15 is 0 Å². The molecule has 0 fully saturated rings. The summed E-state index contributed by atoms with van der Waals surface area (Å²) in [5, 5.41) is 4.95. The third-order valence-electron chi connectivity index (χ3n) is 14.6. The Kier molecular flexibility index (Phi) is 9.55. The molecule has 1 aromatic heterocycles. The normalized spacial score (nSPS) is 12.6. The second kappa shape index (κ2) is 16.3. The predicted octanol–water partition coefficient (Wildman–Crippen LogP) is 18.4. The molecule has 0 radical (unpaired) electrons. The Morgan fingerprint density at radius 1 is 0.348 bits per heavy atom. The smallest absolute Gasteiger partial charge is 0.0547 e. The molecule has 1 aliphatic carbocycles. The summed E-state index contributed by atoms with van der Waals surface area (Å²) in [5.74, 6) is 0. The summed E-state index contributed by atoms with van der Waals surface area (Å²) >= 11 is 0. The van der Waals surface area contributed by atoms with Crippen molar-refractivity contribution in [1.82, 2.24) is 4.57 Å². The first-order valence-electron chi connectivity index (χ1n) is 24.0. The molecule has 2 heteroatoms. The Morgan fingerprint density at radius 3 is 1.74 bits per heavy atom. The number of aromatic nitrogens is 1. The first-order chi connectivity index (χ1) is 34.0. The Morgan fingerprint density at radius 2 is 0.913 bits per heavy atom. The first kappa shape index (κ1) is 40.5. The minimum atomic E-state index is -0.0714. The fourth-order valence-electron chi connectivity index (χ4n) is 11.4. The molecule has 0 amide bonds. The summed E-state index contributed by atoms with van der Waals surface area (Å²) in [5.41, 5.74) is 21.7. The van der Waals surface area contributed by atoms with Crippen LogP contribution in [0.3, 0.4) is 0 Å². The Balaban J connectivity index is 0.999. The molecule has 13 rings (SSSR count). The molecule has 0 saturated carbocycles. The van der Waals surface area contributed by atoms with Gasteiger partial charge >= 0.3 is 0 Å². The van der Waals surface area contributed by atoms with Crippen LogP contribution in [0.2, 0.25) is 0 Å². The van der Waals surface area contributed by atoms with Gasteiger partial charge in [0.05, 0.1) is 16.7 Å². The van der Waals surface area contributed by atoms with Crippen molar-refractivity contribution in [2.45, 2.75) is 19.3 Å². The highest BCUT2D eigenvalue weighted by molar-refractivity contribution is 6.11. The highest BCUT2D eigenvalue weighted by Crippen LogP contribution is 2.53. The molecular formula is C67H48N2. The lowest BCUT2D eigenvalue weighted by Crippen LogP contribution is -2.14. The van der Waals surface area contributed by atoms with E-state index in [9.17, 15) is 0 Å². The fraction of sp³-hybridized carbons (Fsp3) is 0.0448. The van der Waals surface area contributed by atoms with Crippen molar-refractivity contribution in [2.75, 3.05) is 4.90 Å². The van der Waals surface area contributed by atoms with Crippen molar-refractivity contribution < 1.29 is 0 Å². The van der Waals surface area contributed by atoms with E-state index in [1.54, 1.807) is 0 Å². The zero-order chi connectivity index (χ0) is 46.1. The molecule has 0 atom stereocenters. The lowest BCUT2D eigenvalue weighted by atomic mass is 9.82. The summed E-state index contributed by atoms with van der Waals surface area (Å²) in [4.78, 5) is 2.46. The molecule has 2 nitrogen and oxygen atoms in total. The van der Waals surface area contributed by atoms with Crippen molar-refractivity contribution in [3.63, 3.8) is 0 Å². The van der Waals surface area contributed by atoms with Crippen LogP contribution in [0.5, 0.6) is 0 Å². The van der Waals surface area contributed by atoms with Crippen LogP contribution in [-0.4, -0.2) is 4.57 Å². The maximum Gasteiger partial charge on any atom is 0.0547 e. The minimum Gasteiger partial charge on any atom is -0.310 e. The molecule has 12 aromatic rings. The topological polar surface area (TPSA) is 8.17 Å². The number of para-hydroxylation sites is 3. The molecule has 1 heterocycles. The van der Waals surface area contributed by atoms with Gasteiger partial charge in [0, 0.05) is 38.8 Å². The number of rotatable bonds is 8. The summed E-state index contributed by atoms with van der Waals surface area (Å²) in [6.07, 6.45) is 0. The minimum absolute atomic E-state index is 0.0714. The van der Waals surface area contributed by atoms with Crippen molar-refractivity contribution in [3.05, 3.63) is 266 Å². The summed E-state index contributed by atoms with van der Waals surface area (Å²) < 4.78 is 2.40. The van der Waals surface area contributed by atoms with Gasteiger partial charge in [-0.3, -0.25) is 0 Å². The lowest BCUT2D eigenvalue weighted by molar-refractivity contribution is 0.660. The third-order valence-corrected chi connectivity index (χ3v) is 14.6. The molecule has 69 heavy (non-hydrogen) atoms. The molecule has 0 spiro atoms. The molecule has 326 valence electrons. The Bertz CT molecular complexity index is 3910. The second-order valence-corrected chi connectivity index (χ2v) is 18.8. The molecule has 0 aliphatic heterocycles. The van der Waals surface area contributed by atoms with E-state index < -0.39 is 0 Å². The van der Waals surface area contributed by atoms with Gasteiger partial charge in [-0.2, -0.15) is 0 Å². The van der Waals surface area contributed by atoms with E-state index in [4.69, 9.17) is 0 Å². The van der Waals surface area contributed by atoms with E-state index in [-0.39, 0.29) is 5.41 Å². The number of benzene rings is 11. The zero-order valence-electron chi connectivity index (χ0n) is 38.6. The summed E-state index contributed by atoms with van der Waals surface area (Å²) in [6, 6.07) is 93.7. The highest BCUT2D eigenvalue weighted by atomic mass is 15.1. The van der Waals surface area contributed by atoms with Gasteiger partial charge in [0.1, 0.15) is 0 Å². The number of nitrogens with zero attached hydrogens (tertiary/aromatic N) is 2. The van der Waals surface area contributed by atoms with Crippen molar-refractivity contribution in [2.24, 2.45) is 0 Å². The quantitative estimate of drug-likeness (QED) is 0.148. The third kappa shape index (κ3) is 6.63. The predicted molar refractivity (Wildman–Crippen MR) is 292 cm³/mol. The van der Waals surface area contributed by atoms with Crippen LogP contribution in [0.25, 0.3) is 93.9 Å². The van der Waals surface area contributed by atoms with Gasteiger partial charge < -0.3 is 9.47 Å². The number of hydrogen-bond acceptors (Lipinski definition) is 1. The van der Waals surface area contributed by atoms with Gasteiger partial charge in [-0.05, 0) is 127 Å². The van der Waals surface area contributed by atoms with Crippen LogP contribution in [0.1, 0.15) is 25.0 Å². The van der Waals surface area contributed by atoms with Crippen molar-refractivity contribution in [1.29, 1.82) is 0 Å². The SMILES string of the molecule is CC1(C)c2ccccc2-c2c(-c3ccc(N(c4cccc(-c5ccc6c7ccccc7n(-c7ccccc7)c6c5)c4)c4ccccc4-c4cccc5cccc(-c6ccccc6)c45)cc3)cccc21. The van der Waals surface area contributed by atoms with Gasteiger partial charge in [-0.1, -0.05) is 214 Å². The molecule has 0 unspecified atom stereocenters. The first-order valence-corrected chi connectivity index (χ1v) is 24.0. The highest BCUT2D eigenvalue weighted by Gasteiger charge is 2.36. The standard InChI is InChI=1S/C67H48N2/c1-67(2)60-33-12-9-29-59(60)66-54(31-18-34-61(66)67)46-37-40-51(41-38-46)68(62-35-13-11-28-56(62)58-32-17-22-47-21-16-30-53(65(47)58)45-19-5-3-6-20-45)52-26-15-23-48(43-52)49-39-42-57-55-27-10-14-36-63(55)69(64(57)44-49)50-24-7-4-8-25-50/h3-44H,1-2H3. The molecular weight excluding hydrogens is 833 g/mol. The van der Waals surface area contributed by atoms with Gasteiger partial charge in [0.2, 0.25) is 0 Å². The monoisotopic (exact) mass is 880 g/mol. The maximum atomic E-state index is 2.46. The van der Waals surface area contributed by atoms with Crippen molar-refractivity contribution >= 4 is 49.6 Å². The van der Waals surface area contributed by atoms with Crippen molar-refractivity contribution in [3.8, 4) is 61.3 Å². The molecule has 11 aromatic carbocycles. The van der Waals surface area contributed by atoms with E-state index in [0.29, 0.717) is 0 Å². The molecule has 1 aliphatic rings. The lowest BCUT2D eigenvalue weighted by Gasteiger charge is -2.29. The Hall–Kier alpha value is -8.72. The average Bonchev–Trinajstić information content (AvgIpc) is 3.87. The molecule has 0 saturated heterocycles. The van der Waals surface area contributed by atoms with E-state index in [0.717, 1.165) is 39.4 Å². The van der Waals surface area contributed by atoms with Gasteiger partial charge in [0.25, 0.3) is 0 Å². The van der Waals surface area contributed by atoms with Crippen LogP contribution < -0.4 is 4.90 Å². The van der Waals surface area contributed by atoms with Crippen LogP contribution in [0.4, 0.5) is 17.1 Å². The summed E-state index contributed by atoms with van der Waals surface area (Å²) in [6.45, 7) is 4.71. The largest absolute Gasteiger partial charge is 0.310 e. The maximum absolute atomic E-state index is 2.46. The van der Waals surface area contributed by atoms with Crippen LogP contribution in [0.15, 0.2) is 255 Å². The van der Waals surface area contributed by atoms with Crippen LogP contribution in [0, 0.1) is 0 Å². The van der Waals surface area contributed by atoms with Crippen LogP contribution in [-0.2, 0) is 5.41 Å². The van der Waals surface area contributed by atoms with Crippen LogP contribution >= 0.6 is 0 Å².